The molecule has 3 rings (SSSR count). The summed E-state index contributed by atoms with van der Waals surface area (Å²) in [5.74, 6) is 0.849. The quantitative estimate of drug-likeness (QED) is 0.868. The van der Waals surface area contributed by atoms with Crippen LogP contribution >= 0.6 is 12.4 Å². The Labute approximate surface area is 152 Å². The van der Waals surface area contributed by atoms with E-state index in [4.69, 9.17) is 0 Å². The van der Waals surface area contributed by atoms with E-state index in [2.05, 4.69) is 41.8 Å². The van der Waals surface area contributed by atoms with Crippen molar-refractivity contribution in [1.82, 2.24) is 10.6 Å². The van der Waals surface area contributed by atoms with Crippen LogP contribution in [-0.4, -0.2) is 25.5 Å². The second kappa shape index (κ2) is 8.87. The molecule has 1 unspecified atom stereocenters. The zero-order chi connectivity index (χ0) is 16.1. The maximum atomic E-state index is 13.2. The molecule has 24 heavy (non-hydrogen) atoms. The number of benzene rings is 1. The molecule has 1 aliphatic heterocycles. The van der Waals surface area contributed by atoms with Crippen molar-refractivity contribution in [3.8, 4) is 0 Å². The molecular formula is C20H31ClN2O. The third kappa shape index (κ3) is 4.12. The van der Waals surface area contributed by atoms with Crippen molar-refractivity contribution in [1.29, 1.82) is 0 Å². The summed E-state index contributed by atoms with van der Waals surface area (Å²) in [6.45, 7) is 5.12. The first kappa shape index (κ1) is 19.3. The molecule has 2 N–H and O–H groups in total. The van der Waals surface area contributed by atoms with Crippen LogP contribution in [0, 0.1) is 12.8 Å². The second-order valence-corrected chi connectivity index (χ2v) is 7.38. The number of carbonyl (C=O) groups is 1. The fraction of sp³-hybridized carbons (Fsp3) is 0.650. The number of hydrogen-bond acceptors (Lipinski definition) is 2. The summed E-state index contributed by atoms with van der Waals surface area (Å²) < 4.78 is 0. The van der Waals surface area contributed by atoms with E-state index < -0.39 is 0 Å². The summed E-state index contributed by atoms with van der Waals surface area (Å²) in [4.78, 5) is 13.2. The third-order valence-electron chi connectivity index (χ3n) is 5.75. The van der Waals surface area contributed by atoms with Crippen LogP contribution in [0.2, 0.25) is 0 Å². The number of rotatable bonds is 4. The molecule has 134 valence electrons. The minimum atomic E-state index is -0.300. The average Bonchev–Trinajstić information content (AvgIpc) is 2.61. The second-order valence-electron chi connectivity index (χ2n) is 7.38. The van der Waals surface area contributed by atoms with Crippen molar-refractivity contribution in [2.75, 3.05) is 19.6 Å². The Balaban J connectivity index is 0.00000208. The molecule has 1 saturated carbocycles. The SMILES string of the molecule is Cc1ccccc1C1(C(=O)NCC2CCCNC2)CCCCC1.Cl. The van der Waals surface area contributed by atoms with Crippen LogP contribution in [0.25, 0.3) is 0 Å². The van der Waals surface area contributed by atoms with Crippen molar-refractivity contribution in [3.05, 3.63) is 35.4 Å². The minimum absolute atomic E-state index is 0. The number of piperidine rings is 1. The van der Waals surface area contributed by atoms with Crippen molar-refractivity contribution >= 4 is 18.3 Å². The zero-order valence-corrected chi connectivity index (χ0v) is 15.6. The van der Waals surface area contributed by atoms with E-state index in [0.29, 0.717) is 5.92 Å². The summed E-state index contributed by atoms with van der Waals surface area (Å²) in [6.07, 6.45) is 8.01. The van der Waals surface area contributed by atoms with Gasteiger partial charge in [-0.1, -0.05) is 43.5 Å². The van der Waals surface area contributed by atoms with Gasteiger partial charge >= 0.3 is 0 Å². The highest BCUT2D eigenvalue weighted by Crippen LogP contribution is 2.41. The highest BCUT2D eigenvalue weighted by Gasteiger charge is 2.41. The van der Waals surface area contributed by atoms with Crippen LogP contribution in [0.4, 0.5) is 0 Å². The van der Waals surface area contributed by atoms with Gasteiger partial charge in [0.15, 0.2) is 0 Å². The standard InChI is InChI=1S/C20H30N2O.ClH/c1-16-8-3-4-10-18(16)20(11-5-2-6-12-20)19(23)22-15-17-9-7-13-21-14-17;/h3-4,8,10,17,21H,2,5-7,9,11-15H2,1H3,(H,22,23);1H. The van der Waals surface area contributed by atoms with Gasteiger partial charge < -0.3 is 10.6 Å². The lowest BCUT2D eigenvalue weighted by molar-refractivity contribution is -0.128. The molecule has 1 aliphatic carbocycles. The van der Waals surface area contributed by atoms with Gasteiger partial charge in [-0.15, -0.1) is 12.4 Å². The van der Waals surface area contributed by atoms with E-state index in [9.17, 15) is 4.79 Å². The van der Waals surface area contributed by atoms with Crippen LogP contribution in [-0.2, 0) is 10.2 Å². The van der Waals surface area contributed by atoms with Crippen molar-refractivity contribution in [2.45, 2.75) is 57.3 Å². The normalized spacial score (nSPS) is 23.1. The molecule has 1 amide bonds. The lowest BCUT2D eigenvalue weighted by Gasteiger charge is -2.38. The molecule has 1 saturated heterocycles. The van der Waals surface area contributed by atoms with Gasteiger partial charge in [-0.3, -0.25) is 4.79 Å². The molecular weight excluding hydrogens is 320 g/mol. The fourth-order valence-electron chi connectivity index (χ4n) is 4.39. The molecule has 1 aromatic carbocycles. The summed E-state index contributed by atoms with van der Waals surface area (Å²) in [7, 11) is 0. The van der Waals surface area contributed by atoms with Gasteiger partial charge in [0.1, 0.15) is 0 Å². The number of carbonyl (C=O) groups excluding carboxylic acids is 1. The predicted octanol–water partition coefficient (Wildman–Crippen LogP) is 3.73. The van der Waals surface area contributed by atoms with Gasteiger partial charge in [-0.25, -0.2) is 0 Å². The Hall–Kier alpha value is -1.06. The Morgan fingerprint density at radius 2 is 1.96 bits per heavy atom. The maximum Gasteiger partial charge on any atom is 0.230 e. The molecule has 2 fully saturated rings. The number of aryl methyl sites for hydroxylation is 1. The molecule has 4 heteroatoms. The van der Waals surface area contributed by atoms with Crippen LogP contribution in [0.1, 0.15) is 56.1 Å². The molecule has 0 aromatic heterocycles. The van der Waals surface area contributed by atoms with Gasteiger partial charge in [0.05, 0.1) is 5.41 Å². The molecule has 0 radical (unpaired) electrons. The van der Waals surface area contributed by atoms with E-state index in [0.717, 1.165) is 45.3 Å². The minimum Gasteiger partial charge on any atom is -0.355 e. The van der Waals surface area contributed by atoms with Crippen molar-refractivity contribution in [3.63, 3.8) is 0 Å². The summed E-state index contributed by atoms with van der Waals surface area (Å²) in [5.41, 5.74) is 2.20. The summed E-state index contributed by atoms with van der Waals surface area (Å²) in [6, 6.07) is 8.46. The van der Waals surface area contributed by atoms with Crippen LogP contribution in [0.5, 0.6) is 0 Å². The van der Waals surface area contributed by atoms with Crippen LogP contribution < -0.4 is 10.6 Å². The smallest absolute Gasteiger partial charge is 0.230 e. The van der Waals surface area contributed by atoms with E-state index in [-0.39, 0.29) is 23.7 Å². The third-order valence-corrected chi connectivity index (χ3v) is 5.75. The Bertz CT molecular complexity index is 534. The van der Waals surface area contributed by atoms with Crippen LogP contribution in [0.15, 0.2) is 24.3 Å². The molecule has 0 bridgehead atoms. The molecule has 1 atom stereocenters. The number of hydrogen-bond donors (Lipinski definition) is 2. The average molecular weight is 351 g/mol. The first-order chi connectivity index (χ1) is 11.2. The Morgan fingerprint density at radius 3 is 2.62 bits per heavy atom. The maximum absolute atomic E-state index is 13.2. The van der Waals surface area contributed by atoms with Gasteiger partial charge in [-0.05, 0) is 62.7 Å². The monoisotopic (exact) mass is 350 g/mol. The summed E-state index contributed by atoms with van der Waals surface area (Å²) in [5, 5.41) is 6.75. The number of halogens is 1. The lowest BCUT2D eigenvalue weighted by atomic mass is 9.67. The predicted molar refractivity (Wildman–Crippen MR) is 102 cm³/mol. The largest absolute Gasteiger partial charge is 0.355 e. The van der Waals surface area contributed by atoms with E-state index in [1.54, 1.807) is 0 Å². The van der Waals surface area contributed by atoms with Crippen molar-refractivity contribution < 1.29 is 4.79 Å². The molecule has 1 heterocycles. The fourth-order valence-corrected chi connectivity index (χ4v) is 4.39. The topological polar surface area (TPSA) is 41.1 Å². The van der Waals surface area contributed by atoms with Crippen LogP contribution in [0.3, 0.4) is 0 Å². The highest BCUT2D eigenvalue weighted by atomic mass is 35.5. The highest BCUT2D eigenvalue weighted by molar-refractivity contribution is 5.88. The van der Waals surface area contributed by atoms with Crippen molar-refractivity contribution in [2.24, 2.45) is 5.92 Å². The summed E-state index contributed by atoms with van der Waals surface area (Å²) >= 11 is 0. The molecule has 3 nitrogen and oxygen atoms in total. The molecule has 1 aromatic rings. The van der Waals surface area contributed by atoms with Gasteiger partial charge in [0, 0.05) is 6.54 Å². The van der Waals surface area contributed by atoms with E-state index in [1.807, 2.05) is 0 Å². The first-order valence-corrected chi connectivity index (χ1v) is 9.27. The molecule has 2 aliphatic rings. The lowest BCUT2D eigenvalue weighted by Crippen LogP contribution is -2.48. The van der Waals surface area contributed by atoms with E-state index in [1.165, 1.54) is 30.4 Å². The first-order valence-electron chi connectivity index (χ1n) is 9.27. The van der Waals surface area contributed by atoms with E-state index >= 15 is 0 Å². The van der Waals surface area contributed by atoms with Gasteiger partial charge in [0.25, 0.3) is 0 Å². The molecule has 0 spiro atoms. The number of nitrogens with one attached hydrogen (secondary N) is 2. The Morgan fingerprint density at radius 1 is 1.21 bits per heavy atom. The zero-order valence-electron chi connectivity index (χ0n) is 14.8. The van der Waals surface area contributed by atoms with Gasteiger partial charge in [-0.2, -0.15) is 0 Å². The van der Waals surface area contributed by atoms with Gasteiger partial charge in [0.2, 0.25) is 5.91 Å². The Kier molecular flexibility index (Phi) is 7.12. The number of amides is 1.